The highest BCUT2D eigenvalue weighted by atomic mass is 31.2. The topological polar surface area (TPSA) is 553 Å². The molecule has 72 heavy (non-hydrogen) atoms. The lowest BCUT2D eigenvalue weighted by Gasteiger charge is -2.48. The fourth-order valence-electron chi connectivity index (χ4n) is 8.69. The summed E-state index contributed by atoms with van der Waals surface area (Å²) in [6.07, 6.45) is -57.1. The molecule has 0 aromatic rings. The molecule has 0 radical (unpaired) electrons. The highest BCUT2D eigenvalue weighted by molar-refractivity contribution is 7.43. The van der Waals surface area contributed by atoms with Crippen molar-refractivity contribution < 1.29 is 163 Å². The Balaban J connectivity index is 1.14. The van der Waals surface area contributed by atoms with E-state index in [0.717, 1.165) is 0 Å². The van der Waals surface area contributed by atoms with Crippen LogP contribution < -0.4 is 15.7 Å². The predicted molar refractivity (Wildman–Crippen MR) is 212 cm³/mol. The summed E-state index contributed by atoms with van der Waals surface area (Å²) in [6.45, 7) is -3.21. The van der Waals surface area contributed by atoms with Crippen molar-refractivity contribution in [1.29, 1.82) is 0 Å². The van der Waals surface area contributed by atoms with Gasteiger partial charge in [0.25, 0.3) is 0 Å². The van der Waals surface area contributed by atoms with Crippen molar-refractivity contribution in [3.05, 3.63) is 0 Å². The van der Waals surface area contributed by atoms with Crippen molar-refractivity contribution >= 4 is 7.82 Å². The molecular weight excluding hydrogens is 1020 g/mol. The predicted octanol–water partition coefficient (Wildman–Crippen LogP) is -13.9. The molecule has 19 N–H and O–H groups in total. The van der Waals surface area contributed by atoms with Gasteiger partial charge < -0.3 is 158 Å². The first-order valence-corrected chi connectivity index (χ1v) is 23.9. The van der Waals surface area contributed by atoms with Crippen LogP contribution in [0.15, 0.2) is 0 Å². The summed E-state index contributed by atoms with van der Waals surface area (Å²) in [5.41, 5.74) is 0. The van der Waals surface area contributed by atoms with Crippen molar-refractivity contribution in [2.75, 3.05) is 33.0 Å². The molecule has 0 bridgehead atoms. The highest BCUT2D eigenvalue weighted by Crippen LogP contribution is 2.36. The maximum Gasteiger partial charge on any atom is 0.206 e. The molecule has 6 fully saturated rings. The summed E-state index contributed by atoms with van der Waals surface area (Å²) in [4.78, 5) is 26.9. The second kappa shape index (κ2) is 25.6. The number of aliphatic hydroxyl groups excluding tert-OH is 17. The summed E-state index contributed by atoms with van der Waals surface area (Å²) in [6, 6.07) is 0. The van der Waals surface area contributed by atoms with Crippen molar-refractivity contribution in [1.82, 2.24) is 0 Å². The molecule has 30 atom stereocenters. The maximum atomic E-state index is 11.5. The number of phosphoric ester groups is 1. The fourth-order valence-corrected chi connectivity index (χ4v) is 9.02. The lowest BCUT2D eigenvalue weighted by Crippen LogP contribution is -2.67. The standard InChI is InChI=1S/C37H66NO33P/c1-2-8-14(41)20(47)26(53)33(62-8)69-30-23(50)15(42)9(3-39)63-36(30)60-5-11-17(44)21(48)25(52)32(65-11)59-6-12-19(46)29(28(55)35(67-12)71-38)68-37-31(24(51)16(43)10(4-40)64-37)70-34-27(54)22(49)18(45)13(66-34)7-61-72(56,57)58/h8-37,39-55H,2-7,38H2,1H3,(H2,56,57,58)/p-2/t8?,9?,10?,11?,12?,13?,14-,15-,16-,17-,18-,19-,20+,21+,22+,23+,24+,25?,26?,27?,28?,29+,30?,31?,32+,33+,34-,35+,36+,37-/m1/s1. The molecular formula is C37H64NO33P-2. The monoisotopic (exact) mass is 1080 g/mol. The van der Waals surface area contributed by atoms with E-state index in [2.05, 4.69) is 4.52 Å². The number of aliphatic hydroxyl groups is 17. The Morgan fingerprint density at radius 1 is 0.403 bits per heavy atom. The third kappa shape index (κ3) is 13.2. The first-order valence-electron chi connectivity index (χ1n) is 22.4. The lowest BCUT2D eigenvalue weighted by atomic mass is 9.96. The van der Waals surface area contributed by atoms with Crippen LogP contribution in [0.2, 0.25) is 0 Å². The van der Waals surface area contributed by atoms with Gasteiger partial charge in [0.15, 0.2) is 31.5 Å². The second-order valence-corrected chi connectivity index (χ2v) is 18.9. The molecule has 0 aliphatic carbocycles. The Hall–Kier alpha value is -1.09. The van der Waals surface area contributed by atoms with Crippen LogP contribution >= 0.6 is 7.82 Å². The van der Waals surface area contributed by atoms with Gasteiger partial charge in [-0.15, -0.1) is 0 Å². The molecule has 6 saturated heterocycles. The van der Waals surface area contributed by atoms with Gasteiger partial charge in [-0.25, -0.2) is 5.90 Å². The van der Waals surface area contributed by atoms with Gasteiger partial charge in [-0.05, 0) is 6.42 Å². The van der Waals surface area contributed by atoms with Gasteiger partial charge in [0.2, 0.25) is 6.29 Å². The Morgan fingerprint density at radius 3 is 1.25 bits per heavy atom. The number of ether oxygens (including phenoxy) is 11. The molecule has 6 rings (SSSR count). The summed E-state index contributed by atoms with van der Waals surface area (Å²) in [7, 11) is -5.68. The van der Waals surface area contributed by atoms with Gasteiger partial charge in [0, 0.05) is 0 Å². The Labute approximate surface area is 406 Å². The van der Waals surface area contributed by atoms with Gasteiger partial charge >= 0.3 is 0 Å². The van der Waals surface area contributed by atoms with Gasteiger partial charge in [-0.3, -0.25) is 4.84 Å². The zero-order chi connectivity index (χ0) is 53.3. The largest absolute Gasteiger partial charge is 0.790 e. The third-order valence-electron chi connectivity index (χ3n) is 13.0. The number of phosphoric acid groups is 1. The molecule has 6 aliphatic heterocycles. The fraction of sp³-hybridized carbons (Fsp3) is 1.00. The van der Waals surface area contributed by atoms with Gasteiger partial charge in [0.1, 0.15) is 140 Å². The minimum Gasteiger partial charge on any atom is -0.790 e. The number of nitrogens with two attached hydrogens (primary N) is 1. The summed E-state index contributed by atoms with van der Waals surface area (Å²) < 4.78 is 76.9. The SMILES string of the molecule is CCC1O[C@@H](OC2[C@@H](OCC3O[C@H](OCC4O[C@@H](ON)C(O)[C@@H](O[C@H]5OC(CO)[C@@H](O)[C@H](O)C5O[C@H]5OC(COP(=O)([O-])[O-])[C@@H](O)[C@H](O)C5O)[C@@H]4O)C(O)[C@@H](O)[C@@H]3O)OC(CO)[C@@H](O)[C@@H]2O)C(O)[C@@H](O)[C@@H]1O. The molecule has 422 valence electrons. The van der Waals surface area contributed by atoms with Crippen molar-refractivity contribution in [2.45, 2.75) is 198 Å². The van der Waals surface area contributed by atoms with E-state index in [1.807, 2.05) is 0 Å². The van der Waals surface area contributed by atoms with Crippen LogP contribution in [0.25, 0.3) is 0 Å². The molecule has 35 heteroatoms. The Morgan fingerprint density at radius 2 is 0.764 bits per heavy atom. The molecule has 0 aromatic heterocycles. The Bertz CT molecular complexity index is 1710. The second-order valence-electron chi connectivity index (χ2n) is 17.7. The molecule has 0 aromatic carbocycles. The van der Waals surface area contributed by atoms with Gasteiger partial charge in [0.05, 0.1) is 47.0 Å². The van der Waals surface area contributed by atoms with Crippen LogP contribution in [0, 0.1) is 0 Å². The molecule has 6 heterocycles. The van der Waals surface area contributed by atoms with Crippen LogP contribution in [0.3, 0.4) is 0 Å². The molecule has 34 nitrogen and oxygen atoms in total. The smallest absolute Gasteiger partial charge is 0.206 e. The van der Waals surface area contributed by atoms with E-state index in [9.17, 15) is 101 Å². The summed E-state index contributed by atoms with van der Waals surface area (Å²) in [5.74, 6) is 5.35. The molecule has 12 unspecified atom stereocenters. The van der Waals surface area contributed by atoms with E-state index in [-0.39, 0.29) is 6.42 Å². The zero-order valence-electron chi connectivity index (χ0n) is 37.7. The number of hydrogen-bond acceptors (Lipinski definition) is 34. The van der Waals surface area contributed by atoms with Crippen LogP contribution in [-0.2, 0) is 66.0 Å². The minimum absolute atomic E-state index is 0.129. The van der Waals surface area contributed by atoms with Crippen molar-refractivity contribution in [3.63, 3.8) is 0 Å². The van der Waals surface area contributed by atoms with E-state index < -0.39 is 225 Å². The summed E-state index contributed by atoms with van der Waals surface area (Å²) >= 11 is 0. The van der Waals surface area contributed by atoms with Crippen LogP contribution in [0.1, 0.15) is 13.3 Å². The van der Waals surface area contributed by atoms with E-state index in [1.165, 1.54) is 0 Å². The van der Waals surface area contributed by atoms with Gasteiger partial charge in [-0.2, -0.15) is 0 Å². The first kappa shape index (κ1) is 60.1. The maximum absolute atomic E-state index is 11.5. The van der Waals surface area contributed by atoms with Crippen molar-refractivity contribution in [2.24, 2.45) is 5.90 Å². The minimum atomic E-state index is -5.68. The van der Waals surface area contributed by atoms with E-state index in [0.29, 0.717) is 0 Å². The highest BCUT2D eigenvalue weighted by Gasteiger charge is 2.56. The molecule has 0 spiro atoms. The van der Waals surface area contributed by atoms with E-state index >= 15 is 0 Å². The van der Waals surface area contributed by atoms with Crippen LogP contribution in [0.5, 0.6) is 0 Å². The quantitative estimate of drug-likeness (QED) is 0.0422. The number of hydrogen-bond donors (Lipinski definition) is 18. The number of rotatable bonds is 19. The van der Waals surface area contributed by atoms with Gasteiger partial charge in [-0.1, -0.05) is 6.92 Å². The first-order chi connectivity index (χ1) is 33.9. The van der Waals surface area contributed by atoms with Crippen LogP contribution in [0.4, 0.5) is 0 Å². The zero-order valence-corrected chi connectivity index (χ0v) is 38.6. The van der Waals surface area contributed by atoms with Crippen LogP contribution in [-0.4, -0.2) is 304 Å². The molecule has 0 amide bonds. The normalized spacial score (nSPS) is 50.7. The average Bonchev–Trinajstić information content (AvgIpc) is 3.35. The van der Waals surface area contributed by atoms with E-state index in [1.54, 1.807) is 6.92 Å². The average molecular weight is 1080 g/mol. The summed E-state index contributed by atoms with van der Waals surface area (Å²) in [5, 5.41) is 181. The molecule has 6 aliphatic rings. The van der Waals surface area contributed by atoms with Crippen molar-refractivity contribution in [3.8, 4) is 0 Å². The Kier molecular flexibility index (Phi) is 21.4. The van der Waals surface area contributed by atoms with E-state index in [4.69, 9.17) is 62.8 Å². The third-order valence-corrected chi connectivity index (χ3v) is 13.4. The molecule has 0 saturated carbocycles. The lowest BCUT2D eigenvalue weighted by molar-refractivity contribution is -0.392.